The molecule has 1 unspecified atom stereocenters. The van der Waals surface area contributed by atoms with Gasteiger partial charge < -0.3 is 25.1 Å². The molecule has 2 aromatic carbocycles. The molecule has 0 spiro atoms. The second kappa shape index (κ2) is 18.3. The molecule has 298 valence electrons. The predicted octanol–water partition coefficient (Wildman–Crippen LogP) is 9.06. The number of likely N-dealkylation sites (N-methyl/N-ethyl adjacent to an activating group) is 1. The van der Waals surface area contributed by atoms with E-state index in [0.717, 1.165) is 16.7 Å². The summed E-state index contributed by atoms with van der Waals surface area (Å²) >= 11 is 0. The predicted molar refractivity (Wildman–Crippen MR) is 226 cm³/mol. The lowest BCUT2D eigenvalue weighted by Crippen LogP contribution is -2.49. The molecule has 1 aromatic heterocycles. The van der Waals surface area contributed by atoms with E-state index in [9.17, 15) is 4.79 Å². The number of aromatic nitrogens is 1. The van der Waals surface area contributed by atoms with E-state index in [-0.39, 0.29) is 35.0 Å². The number of allylic oxidation sites excluding steroid dienone is 1. The fourth-order valence-corrected chi connectivity index (χ4v) is 13.0. The number of pyridine rings is 1. The van der Waals surface area contributed by atoms with Crippen LogP contribution in [-0.4, -0.2) is 55.8 Å². The highest BCUT2D eigenvalue weighted by Gasteiger charge is 2.45. The van der Waals surface area contributed by atoms with Gasteiger partial charge in [-0.2, -0.15) is 0 Å². The number of carbonyl (C=O) groups excluding carboxylic acids is 1. The van der Waals surface area contributed by atoms with Crippen LogP contribution in [0.15, 0.2) is 83.6 Å². The highest BCUT2D eigenvalue weighted by Crippen LogP contribution is 2.42. The minimum Gasteiger partial charge on any atom is -0.484 e. The number of fused-ring (bicyclic) bond motifs is 1. The fourth-order valence-electron chi connectivity index (χ4n) is 7.59. The van der Waals surface area contributed by atoms with Crippen molar-refractivity contribution in [2.45, 2.75) is 111 Å². The quantitative estimate of drug-likeness (QED) is 0.0707. The van der Waals surface area contributed by atoms with Crippen LogP contribution >= 0.6 is 0 Å². The number of rotatable bonds is 12. The maximum Gasteiger partial charge on any atom is 0.320 e. The van der Waals surface area contributed by atoms with Crippen molar-refractivity contribution in [3.63, 3.8) is 0 Å². The van der Waals surface area contributed by atoms with Gasteiger partial charge in [0.1, 0.15) is 23.2 Å². The third-order valence-electron chi connectivity index (χ3n) is 10.7. The number of nitrogens with zero attached hydrogens (tertiary/aromatic N) is 3. The Balaban J connectivity index is 1.47. The molecule has 0 bridgehead atoms. The number of hydrogen-bond donors (Lipinski definition) is 5. The molecule has 0 fully saturated rings. The molecule has 1 heterocycles. The number of amidine groups is 1. The highest BCUT2D eigenvalue weighted by atomic mass is 28.4. The van der Waals surface area contributed by atoms with Crippen LogP contribution in [0.5, 0.6) is 5.75 Å². The largest absolute Gasteiger partial charge is 0.484 e. The number of amides is 2. The summed E-state index contributed by atoms with van der Waals surface area (Å²) in [5, 5.41) is 23.7. The lowest BCUT2D eigenvalue weighted by molar-refractivity contribution is 0.171. The van der Waals surface area contributed by atoms with Gasteiger partial charge in [-0.3, -0.25) is 20.7 Å². The fraction of sp³-hybridized carbons (Fsp3) is 0.488. The van der Waals surface area contributed by atoms with Gasteiger partial charge in [0, 0.05) is 30.8 Å². The molecule has 12 heteroatoms. The third-order valence-corrected chi connectivity index (χ3v) is 16.8. The number of carbonyl (C=O) groups is 1. The monoisotopic (exact) mass is 768 g/mol. The molecule has 6 N–H and O–H groups in total. The van der Waals surface area contributed by atoms with Crippen LogP contribution in [0.4, 0.5) is 10.5 Å². The van der Waals surface area contributed by atoms with E-state index in [1.54, 1.807) is 24.4 Å². The van der Waals surface area contributed by atoms with Crippen molar-refractivity contribution in [1.82, 2.24) is 20.1 Å². The number of aryl methyl sites for hydroxylation is 1. The van der Waals surface area contributed by atoms with Crippen molar-refractivity contribution < 1.29 is 14.0 Å². The van der Waals surface area contributed by atoms with Gasteiger partial charge in [0.15, 0.2) is 8.32 Å². The molecular formula is C43H64N8O3Si. The topological polar surface area (TPSA) is 154 Å². The lowest BCUT2D eigenvalue weighted by atomic mass is 9.85. The van der Waals surface area contributed by atoms with Crippen molar-refractivity contribution >= 4 is 31.8 Å². The zero-order valence-electron chi connectivity index (χ0n) is 34.8. The smallest absolute Gasteiger partial charge is 0.320 e. The van der Waals surface area contributed by atoms with Crippen molar-refractivity contribution in [1.29, 1.82) is 10.8 Å². The van der Waals surface area contributed by atoms with Gasteiger partial charge in [0.25, 0.3) is 0 Å². The summed E-state index contributed by atoms with van der Waals surface area (Å²) < 4.78 is 14.8. The van der Waals surface area contributed by atoms with Crippen molar-refractivity contribution in [2.24, 2.45) is 16.1 Å². The minimum atomic E-state index is -2.03. The Kier molecular flexibility index (Phi) is 14.3. The summed E-state index contributed by atoms with van der Waals surface area (Å²) in [6, 6.07) is 18.5. The molecule has 1 aliphatic rings. The van der Waals surface area contributed by atoms with Crippen LogP contribution in [0.3, 0.4) is 0 Å². The molecule has 2 amide bonds. The van der Waals surface area contributed by atoms with Crippen LogP contribution in [0, 0.1) is 23.2 Å². The number of nitrogens with one attached hydrogen (secondary N) is 4. The van der Waals surface area contributed by atoms with Gasteiger partial charge >= 0.3 is 6.03 Å². The first-order valence-electron chi connectivity index (χ1n) is 19.5. The van der Waals surface area contributed by atoms with Crippen LogP contribution in [0.2, 0.25) is 16.6 Å². The molecule has 0 saturated carbocycles. The Morgan fingerprint density at radius 2 is 1.62 bits per heavy atom. The number of urea groups is 1. The van der Waals surface area contributed by atoms with Gasteiger partial charge in [0.2, 0.25) is 5.96 Å². The Morgan fingerprint density at radius 3 is 2.22 bits per heavy atom. The molecule has 3 aromatic rings. The van der Waals surface area contributed by atoms with E-state index in [1.165, 1.54) is 4.57 Å². The molecule has 0 aliphatic heterocycles. The minimum absolute atomic E-state index is 0.175. The first kappa shape index (κ1) is 43.1. The summed E-state index contributed by atoms with van der Waals surface area (Å²) in [6.07, 6.45) is 4.44. The molecule has 4 rings (SSSR count). The SMILES string of the molecule is Cc1ccc(N=C(C=C(N)C(C)(C)C)NC(=O)N[C@H]2CCC(Oc3ccc(=N)n(C(=N)N(C)CCO[Si](C(C)C)(C(C)C)C(C)C)c3)c3ccccc32)cc1. The molecule has 0 saturated heterocycles. The molecule has 2 atom stereocenters. The number of nitrogens with two attached hydrogens (primary N) is 1. The summed E-state index contributed by atoms with van der Waals surface area (Å²) in [5.74, 6) is 1.08. The average molecular weight is 769 g/mol. The van der Waals surface area contributed by atoms with E-state index in [2.05, 4.69) is 52.2 Å². The van der Waals surface area contributed by atoms with Crippen molar-refractivity contribution in [3.8, 4) is 5.75 Å². The van der Waals surface area contributed by atoms with Gasteiger partial charge in [-0.25, -0.2) is 9.79 Å². The Hall–Kier alpha value is -4.68. The van der Waals surface area contributed by atoms with E-state index >= 15 is 0 Å². The van der Waals surface area contributed by atoms with Crippen LogP contribution in [-0.2, 0) is 4.43 Å². The summed E-state index contributed by atoms with van der Waals surface area (Å²) in [7, 11) is -0.169. The number of ether oxygens (including phenoxy) is 1. The Labute approximate surface area is 329 Å². The van der Waals surface area contributed by atoms with E-state index < -0.39 is 8.32 Å². The van der Waals surface area contributed by atoms with Crippen LogP contribution < -0.4 is 26.6 Å². The van der Waals surface area contributed by atoms with Gasteiger partial charge in [-0.15, -0.1) is 0 Å². The normalized spacial score (nSPS) is 16.6. The highest BCUT2D eigenvalue weighted by molar-refractivity contribution is 6.77. The van der Waals surface area contributed by atoms with Crippen LogP contribution in [0.25, 0.3) is 0 Å². The number of hydrogen-bond acceptors (Lipinski definition) is 7. The van der Waals surface area contributed by atoms with E-state index in [4.69, 9.17) is 30.7 Å². The first-order valence-corrected chi connectivity index (χ1v) is 21.6. The molecule has 11 nitrogen and oxygen atoms in total. The maximum absolute atomic E-state index is 13.5. The molecule has 1 aliphatic carbocycles. The molecular weight excluding hydrogens is 705 g/mol. The third kappa shape index (κ3) is 10.8. The zero-order chi connectivity index (χ0) is 40.7. The molecule has 55 heavy (non-hydrogen) atoms. The molecule has 0 radical (unpaired) electrons. The Bertz CT molecular complexity index is 1890. The number of benzene rings is 2. The Morgan fingerprint density at radius 1 is 1.00 bits per heavy atom. The number of aliphatic imine (C=N–C) groups is 1. The second-order valence-corrected chi connectivity index (χ2v) is 22.1. The van der Waals surface area contributed by atoms with Gasteiger partial charge in [-0.1, -0.05) is 104 Å². The van der Waals surface area contributed by atoms with E-state index in [0.29, 0.717) is 65.6 Å². The standard InChI is InChI=1S/C43H64N8O3Si/c1-28(2)55(29(3)4,30(5)6)53-25-24-50(11)41(46)51-27-33(20-23-39(51)45)54-37-22-21-36(34-14-12-13-15-35(34)37)48-42(52)49-40(26-38(44)43(8,9)10)47-32-18-16-31(7)17-19-32/h12-20,23,26-30,36-37,45-46H,21-22,24-25,44H2,1-11H3,(H2,47,48,49,52)/t36-,37?/m0/s1. The zero-order valence-corrected chi connectivity index (χ0v) is 35.8. The second-order valence-electron chi connectivity index (χ2n) is 16.7. The van der Waals surface area contributed by atoms with Gasteiger partial charge in [-0.05, 0) is 71.8 Å². The lowest BCUT2D eigenvalue weighted by Gasteiger charge is -2.42. The van der Waals surface area contributed by atoms with Crippen molar-refractivity contribution in [3.05, 3.63) is 101 Å². The summed E-state index contributed by atoms with van der Waals surface area (Å²) in [5.41, 5.74) is 12.1. The maximum atomic E-state index is 13.5. The van der Waals surface area contributed by atoms with Crippen molar-refractivity contribution in [2.75, 3.05) is 20.2 Å². The first-order chi connectivity index (χ1) is 25.8. The van der Waals surface area contributed by atoms with Gasteiger partial charge in [0.05, 0.1) is 24.5 Å². The average Bonchev–Trinajstić information content (AvgIpc) is 3.11. The van der Waals surface area contributed by atoms with Crippen LogP contribution in [0.1, 0.15) is 104 Å². The summed E-state index contributed by atoms with van der Waals surface area (Å²) in [6.45, 7) is 22.7. The summed E-state index contributed by atoms with van der Waals surface area (Å²) in [4.78, 5) is 20.0. The van der Waals surface area contributed by atoms with E-state index in [1.807, 2.05) is 88.2 Å².